The fourth-order valence-electron chi connectivity index (χ4n) is 3.12. The molecule has 2 atom stereocenters. The SMILES string of the molecule is CN1C2CCC1CN(CCCCC#N)CC2. The van der Waals surface area contributed by atoms with Gasteiger partial charge in [-0.1, -0.05) is 0 Å². The molecule has 2 aliphatic heterocycles. The van der Waals surface area contributed by atoms with Crippen LogP contribution in [-0.4, -0.2) is 48.6 Å². The lowest BCUT2D eigenvalue weighted by Crippen LogP contribution is -2.37. The third-order valence-corrected chi connectivity index (χ3v) is 4.25. The Hall–Kier alpha value is -0.590. The van der Waals surface area contributed by atoms with E-state index in [9.17, 15) is 0 Å². The molecule has 0 aromatic rings. The molecule has 0 amide bonds. The Morgan fingerprint density at radius 3 is 2.81 bits per heavy atom. The maximum atomic E-state index is 8.50. The second kappa shape index (κ2) is 5.65. The smallest absolute Gasteiger partial charge is 0.0621 e. The molecular weight excluding hydrogens is 198 g/mol. The molecule has 3 heteroatoms. The Kier molecular flexibility index (Phi) is 4.20. The van der Waals surface area contributed by atoms with Crippen molar-refractivity contribution in [2.45, 2.75) is 50.6 Å². The van der Waals surface area contributed by atoms with Gasteiger partial charge in [0.2, 0.25) is 0 Å². The van der Waals surface area contributed by atoms with Crippen LogP contribution in [-0.2, 0) is 0 Å². The second-order valence-electron chi connectivity index (χ2n) is 5.25. The lowest BCUT2D eigenvalue weighted by molar-refractivity contribution is 0.217. The first-order chi connectivity index (χ1) is 7.81. The first-order valence-electron chi connectivity index (χ1n) is 6.62. The van der Waals surface area contributed by atoms with E-state index in [4.69, 9.17) is 5.26 Å². The molecule has 0 radical (unpaired) electrons. The van der Waals surface area contributed by atoms with Crippen LogP contribution in [0, 0.1) is 11.3 Å². The van der Waals surface area contributed by atoms with Crippen molar-refractivity contribution in [1.29, 1.82) is 5.26 Å². The number of nitriles is 1. The van der Waals surface area contributed by atoms with Gasteiger partial charge in [-0.25, -0.2) is 0 Å². The van der Waals surface area contributed by atoms with Crippen LogP contribution in [0.15, 0.2) is 0 Å². The summed E-state index contributed by atoms with van der Waals surface area (Å²) in [5.74, 6) is 0. The molecule has 2 saturated heterocycles. The minimum absolute atomic E-state index is 0.722. The molecule has 2 bridgehead atoms. The molecule has 0 aliphatic carbocycles. The van der Waals surface area contributed by atoms with Crippen LogP contribution in [0.3, 0.4) is 0 Å². The lowest BCUT2D eigenvalue weighted by Gasteiger charge is -2.25. The lowest BCUT2D eigenvalue weighted by atomic mass is 10.1. The van der Waals surface area contributed by atoms with Gasteiger partial charge in [-0.2, -0.15) is 5.26 Å². The minimum Gasteiger partial charge on any atom is -0.302 e. The van der Waals surface area contributed by atoms with Gasteiger partial charge in [0, 0.05) is 25.0 Å². The summed E-state index contributed by atoms with van der Waals surface area (Å²) >= 11 is 0. The Morgan fingerprint density at radius 1 is 1.19 bits per heavy atom. The predicted octanol–water partition coefficient (Wildman–Crippen LogP) is 1.85. The molecule has 0 saturated carbocycles. The Bertz CT molecular complexity index is 258. The highest BCUT2D eigenvalue weighted by atomic mass is 15.3. The first-order valence-corrected chi connectivity index (χ1v) is 6.62. The molecule has 90 valence electrons. The fraction of sp³-hybridized carbons (Fsp3) is 0.923. The highest BCUT2D eigenvalue weighted by molar-refractivity contribution is 4.90. The standard InChI is InChI=1S/C13H23N3/c1-15-12-5-6-13(15)11-16(10-7-12)9-4-2-3-8-14/h12-13H,2-7,9-11H2,1H3. The highest BCUT2D eigenvalue weighted by Gasteiger charge is 2.34. The average molecular weight is 221 g/mol. The second-order valence-corrected chi connectivity index (χ2v) is 5.25. The number of likely N-dealkylation sites (tertiary alicyclic amines) is 1. The normalized spacial score (nSPS) is 31.2. The number of unbranched alkanes of at least 4 members (excludes halogenated alkanes) is 2. The van der Waals surface area contributed by atoms with Crippen LogP contribution in [0.2, 0.25) is 0 Å². The zero-order chi connectivity index (χ0) is 11.4. The van der Waals surface area contributed by atoms with E-state index >= 15 is 0 Å². The van der Waals surface area contributed by atoms with Gasteiger partial charge in [-0.15, -0.1) is 0 Å². The number of nitrogens with zero attached hydrogens (tertiary/aromatic N) is 3. The number of rotatable bonds is 4. The van der Waals surface area contributed by atoms with Crippen molar-refractivity contribution in [2.24, 2.45) is 0 Å². The van der Waals surface area contributed by atoms with Crippen LogP contribution in [0.1, 0.15) is 38.5 Å². The molecule has 3 nitrogen and oxygen atoms in total. The quantitative estimate of drug-likeness (QED) is 0.679. The molecule has 0 aromatic heterocycles. The van der Waals surface area contributed by atoms with Crippen molar-refractivity contribution in [2.75, 3.05) is 26.7 Å². The number of hydrogen-bond acceptors (Lipinski definition) is 3. The zero-order valence-corrected chi connectivity index (χ0v) is 10.4. The van der Waals surface area contributed by atoms with Gasteiger partial charge >= 0.3 is 0 Å². The van der Waals surface area contributed by atoms with E-state index in [1.807, 2.05) is 0 Å². The summed E-state index contributed by atoms with van der Waals surface area (Å²) in [6.07, 6.45) is 7.11. The van der Waals surface area contributed by atoms with Gasteiger partial charge in [-0.05, 0) is 52.2 Å². The van der Waals surface area contributed by atoms with Gasteiger partial charge < -0.3 is 4.90 Å². The van der Waals surface area contributed by atoms with Gasteiger partial charge in [0.1, 0.15) is 0 Å². The van der Waals surface area contributed by atoms with E-state index < -0.39 is 0 Å². The molecule has 2 unspecified atom stereocenters. The maximum absolute atomic E-state index is 8.50. The van der Waals surface area contributed by atoms with Gasteiger partial charge in [0.15, 0.2) is 0 Å². The molecule has 2 rings (SSSR count). The molecular formula is C13H23N3. The summed E-state index contributed by atoms with van der Waals surface area (Å²) in [4.78, 5) is 5.20. The Balaban J connectivity index is 1.74. The summed E-state index contributed by atoms with van der Waals surface area (Å²) in [6.45, 7) is 3.70. The van der Waals surface area contributed by atoms with Crippen molar-refractivity contribution in [3.8, 4) is 6.07 Å². The maximum Gasteiger partial charge on any atom is 0.0621 e. The van der Waals surface area contributed by atoms with E-state index in [0.29, 0.717) is 0 Å². The van der Waals surface area contributed by atoms with Crippen molar-refractivity contribution in [1.82, 2.24) is 9.80 Å². The Labute approximate surface area is 99.0 Å². The molecule has 2 aliphatic rings. The first kappa shape index (κ1) is 11.9. The zero-order valence-electron chi connectivity index (χ0n) is 10.4. The van der Waals surface area contributed by atoms with Crippen molar-refractivity contribution in [3.63, 3.8) is 0 Å². The Morgan fingerprint density at radius 2 is 2.00 bits per heavy atom. The minimum atomic E-state index is 0.722. The number of likely N-dealkylation sites (N-methyl/N-ethyl adjacent to an activating group) is 1. The summed E-state index contributed by atoms with van der Waals surface area (Å²) < 4.78 is 0. The number of fused-ring (bicyclic) bond motifs is 2. The molecule has 2 heterocycles. The fourth-order valence-corrected chi connectivity index (χ4v) is 3.12. The van der Waals surface area contributed by atoms with Crippen LogP contribution in [0.5, 0.6) is 0 Å². The van der Waals surface area contributed by atoms with Crippen molar-refractivity contribution in [3.05, 3.63) is 0 Å². The topological polar surface area (TPSA) is 30.3 Å². The molecule has 16 heavy (non-hydrogen) atoms. The van der Waals surface area contributed by atoms with Crippen LogP contribution < -0.4 is 0 Å². The molecule has 0 spiro atoms. The van der Waals surface area contributed by atoms with E-state index in [-0.39, 0.29) is 0 Å². The van der Waals surface area contributed by atoms with Crippen molar-refractivity contribution < 1.29 is 0 Å². The van der Waals surface area contributed by atoms with Gasteiger partial charge in [-0.3, -0.25) is 4.90 Å². The average Bonchev–Trinajstić information content (AvgIpc) is 2.51. The van der Waals surface area contributed by atoms with E-state index in [1.54, 1.807) is 0 Å². The van der Waals surface area contributed by atoms with E-state index in [1.165, 1.54) is 45.3 Å². The van der Waals surface area contributed by atoms with E-state index in [2.05, 4.69) is 22.9 Å². The predicted molar refractivity (Wildman–Crippen MR) is 65.1 cm³/mol. The molecule has 0 aromatic carbocycles. The third kappa shape index (κ3) is 2.75. The largest absolute Gasteiger partial charge is 0.302 e. The summed E-state index contributed by atoms with van der Waals surface area (Å²) in [5.41, 5.74) is 0. The summed E-state index contributed by atoms with van der Waals surface area (Å²) in [6, 6.07) is 3.86. The van der Waals surface area contributed by atoms with Gasteiger partial charge in [0.25, 0.3) is 0 Å². The van der Waals surface area contributed by atoms with Crippen molar-refractivity contribution >= 4 is 0 Å². The number of hydrogen-bond donors (Lipinski definition) is 0. The summed E-state index contributed by atoms with van der Waals surface area (Å²) in [5, 5.41) is 8.50. The van der Waals surface area contributed by atoms with Crippen LogP contribution in [0.25, 0.3) is 0 Å². The monoisotopic (exact) mass is 221 g/mol. The summed E-state index contributed by atoms with van der Waals surface area (Å²) in [7, 11) is 2.29. The van der Waals surface area contributed by atoms with E-state index in [0.717, 1.165) is 24.9 Å². The third-order valence-electron chi connectivity index (χ3n) is 4.25. The molecule has 2 fully saturated rings. The van der Waals surface area contributed by atoms with Crippen LogP contribution >= 0.6 is 0 Å². The molecule has 0 N–H and O–H groups in total. The van der Waals surface area contributed by atoms with Gasteiger partial charge in [0.05, 0.1) is 6.07 Å². The highest BCUT2D eigenvalue weighted by Crippen LogP contribution is 2.28. The van der Waals surface area contributed by atoms with Crippen LogP contribution in [0.4, 0.5) is 0 Å².